The van der Waals surface area contributed by atoms with Gasteiger partial charge in [0, 0.05) is 0 Å². The van der Waals surface area contributed by atoms with Crippen molar-refractivity contribution in [2.75, 3.05) is 0 Å². The van der Waals surface area contributed by atoms with Gasteiger partial charge < -0.3 is 0 Å². The molecule has 1 radical (unpaired) electrons. The molecule has 0 unspecified atom stereocenters. The van der Waals surface area contributed by atoms with Crippen molar-refractivity contribution in [2.45, 2.75) is 86.0 Å². The average Bonchev–Trinajstić information content (AvgIpc) is 2.16. The Morgan fingerprint density at radius 3 is 2.25 bits per heavy atom. The number of rotatable bonds is 10. The van der Waals surface area contributed by atoms with Crippen LogP contribution in [0.2, 0.25) is 0 Å². The van der Waals surface area contributed by atoms with Crippen LogP contribution >= 0.6 is 0 Å². The molecule has 0 bridgehead atoms. The Hall–Kier alpha value is 0. The van der Waals surface area contributed by atoms with Crippen molar-refractivity contribution >= 4 is 0 Å². The van der Waals surface area contributed by atoms with Crippen molar-refractivity contribution in [3.8, 4) is 0 Å². The Morgan fingerprint density at radius 1 is 1.00 bits per heavy atom. The van der Waals surface area contributed by atoms with Crippen LogP contribution in [0.1, 0.15) is 86.0 Å². The molecule has 0 aliphatic carbocycles. The van der Waals surface area contributed by atoms with Crippen LogP contribution in [0.5, 0.6) is 0 Å². The predicted octanol–water partition coefficient (Wildman–Crippen LogP) is 6.01. The van der Waals surface area contributed by atoms with E-state index in [2.05, 4.69) is 41.0 Å². The molecule has 0 heteroatoms. The average molecular weight is 225 g/mol. The zero-order valence-corrected chi connectivity index (χ0v) is 12.3. The lowest BCUT2D eigenvalue weighted by Crippen LogP contribution is -2.11. The molecular formula is C16H33. The van der Waals surface area contributed by atoms with Gasteiger partial charge in [-0.25, -0.2) is 0 Å². The Balaban J connectivity index is 3.42. The third kappa shape index (κ3) is 10.5. The minimum atomic E-state index is 0.465. The fourth-order valence-corrected chi connectivity index (χ4v) is 2.12. The highest BCUT2D eigenvalue weighted by Crippen LogP contribution is 2.29. The van der Waals surface area contributed by atoms with Crippen LogP contribution in [-0.2, 0) is 0 Å². The second-order valence-corrected chi connectivity index (χ2v) is 6.33. The molecule has 0 rings (SSSR count). The first-order chi connectivity index (χ1) is 7.48. The van der Waals surface area contributed by atoms with Crippen molar-refractivity contribution in [1.82, 2.24) is 0 Å². The summed E-state index contributed by atoms with van der Waals surface area (Å²) >= 11 is 0. The highest BCUT2D eigenvalue weighted by molar-refractivity contribution is 4.84. The zero-order chi connectivity index (χ0) is 12.4. The monoisotopic (exact) mass is 225 g/mol. The second-order valence-electron chi connectivity index (χ2n) is 6.33. The Bertz CT molecular complexity index is 144. The zero-order valence-electron chi connectivity index (χ0n) is 12.3. The summed E-state index contributed by atoms with van der Waals surface area (Å²) in [7, 11) is 0. The summed E-state index contributed by atoms with van der Waals surface area (Å²) < 4.78 is 0. The van der Waals surface area contributed by atoms with Crippen LogP contribution in [0.4, 0.5) is 0 Å². The van der Waals surface area contributed by atoms with Crippen molar-refractivity contribution in [2.24, 2.45) is 11.3 Å². The third-order valence-electron chi connectivity index (χ3n) is 3.36. The molecule has 0 saturated heterocycles. The number of unbranched alkanes of at least 4 members (excludes halogenated alkanes) is 4. The summed E-state index contributed by atoms with van der Waals surface area (Å²) in [6, 6.07) is 0. The summed E-state index contributed by atoms with van der Waals surface area (Å²) in [5.74, 6) is 0.873. The Kier molecular flexibility index (Phi) is 9.07. The van der Waals surface area contributed by atoms with Gasteiger partial charge in [-0.2, -0.15) is 0 Å². The maximum absolute atomic E-state index is 2.56. The fourth-order valence-electron chi connectivity index (χ4n) is 2.12. The number of hydrogen-bond donors (Lipinski definition) is 0. The first-order valence-corrected chi connectivity index (χ1v) is 7.32. The van der Waals surface area contributed by atoms with Gasteiger partial charge in [-0.1, -0.05) is 73.1 Å². The van der Waals surface area contributed by atoms with E-state index in [1.807, 2.05) is 0 Å². The lowest BCUT2D eigenvalue weighted by molar-refractivity contribution is 0.363. The number of hydrogen-bond acceptors (Lipinski definition) is 0. The van der Waals surface area contributed by atoms with Crippen LogP contribution in [0, 0.1) is 17.8 Å². The summed E-state index contributed by atoms with van der Waals surface area (Å²) in [6.45, 7) is 11.7. The van der Waals surface area contributed by atoms with Crippen molar-refractivity contribution < 1.29 is 0 Å². The largest absolute Gasteiger partial charge is 0.0654 e. The summed E-state index contributed by atoms with van der Waals surface area (Å²) in [4.78, 5) is 0. The minimum absolute atomic E-state index is 0.465. The van der Waals surface area contributed by atoms with Gasteiger partial charge in [-0.05, 0) is 30.6 Å². The first kappa shape index (κ1) is 16.0. The molecule has 0 aromatic rings. The van der Waals surface area contributed by atoms with Gasteiger partial charge in [-0.3, -0.25) is 0 Å². The molecule has 0 heterocycles. The minimum Gasteiger partial charge on any atom is -0.0654 e. The van der Waals surface area contributed by atoms with Gasteiger partial charge in [0.25, 0.3) is 0 Å². The van der Waals surface area contributed by atoms with Crippen molar-refractivity contribution in [3.63, 3.8) is 0 Å². The van der Waals surface area contributed by atoms with Gasteiger partial charge in [0.05, 0.1) is 0 Å². The Labute approximate surface area is 104 Å². The van der Waals surface area contributed by atoms with Crippen LogP contribution < -0.4 is 0 Å². The van der Waals surface area contributed by atoms with Crippen LogP contribution in [0.3, 0.4) is 0 Å². The molecule has 16 heavy (non-hydrogen) atoms. The van der Waals surface area contributed by atoms with Crippen molar-refractivity contribution in [1.29, 1.82) is 0 Å². The van der Waals surface area contributed by atoms with E-state index >= 15 is 0 Å². The molecule has 0 atom stereocenters. The molecule has 0 aromatic carbocycles. The van der Waals surface area contributed by atoms with E-state index in [9.17, 15) is 0 Å². The summed E-state index contributed by atoms with van der Waals surface area (Å²) in [6.07, 6.45) is 13.5. The van der Waals surface area contributed by atoms with Gasteiger partial charge in [-0.15, -0.1) is 0 Å². The molecule has 0 amide bonds. The van der Waals surface area contributed by atoms with E-state index in [0.29, 0.717) is 5.41 Å². The quantitative estimate of drug-likeness (QED) is 0.399. The predicted molar refractivity (Wildman–Crippen MR) is 75.5 cm³/mol. The molecule has 0 aromatic heterocycles. The molecule has 0 aliphatic rings. The van der Waals surface area contributed by atoms with Crippen molar-refractivity contribution in [3.05, 3.63) is 6.42 Å². The maximum atomic E-state index is 2.56. The Morgan fingerprint density at radius 2 is 1.69 bits per heavy atom. The SMILES string of the molecule is CCCCCC(C)(C)[CH]CCCCC(C)C. The van der Waals surface area contributed by atoms with E-state index in [1.54, 1.807) is 0 Å². The molecule has 0 spiro atoms. The molecule has 0 fully saturated rings. The molecule has 97 valence electrons. The van der Waals surface area contributed by atoms with Gasteiger partial charge in [0.1, 0.15) is 0 Å². The smallest absolute Gasteiger partial charge is 0.0323 e. The maximum Gasteiger partial charge on any atom is -0.0323 e. The van der Waals surface area contributed by atoms with Gasteiger partial charge >= 0.3 is 0 Å². The molecule has 0 aliphatic heterocycles. The van der Waals surface area contributed by atoms with Crippen LogP contribution in [-0.4, -0.2) is 0 Å². The third-order valence-corrected chi connectivity index (χ3v) is 3.36. The van der Waals surface area contributed by atoms with E-state index in [1.165, 1.54) is 51.4 Å². The van der Waals surface area contributed by atoms with Crippen LogP contribution in [0.25, 0.3) is 0 Å². The highest BCUT2D eigenvalue weighted by atomic mass is 14.2. The fraction of sp³-hybridized carbons (Fsp3) is 0.938. The van der Waals surface area contributed by atoms with Crippen LogP contribution in [0.15, 0.2) is 0 Å². The van der Waals surface area contributed by atoms with Gasteiger partial charge in [0.15, 0.2) is 0 Å². The molecular weight excluding hydrogens is 192 g/mol. The first-order valence-electron chi connectivity index (χ1n) is 7.32. The molecule has 0 saturated carbocycles. The lowest BCUT2D eigenvalue weighted by atomic mass is 9.82. The lowest BCUT2D eigenvalue weighted by Gasteiger charge is -2.24. The highest BCUT2D eigenvalue weighted by Gasteiger charge is 2.16. The molecule has 0 N–H and O–H groups in total. The van der Waals surface area contributed by atoms with E-state index in [0.717, 1.165) is 5.92 Å². The second kappa shape index (κ2) is 9.07. The standard InChI is InChI=1S/C16H33/c1-6-7-10-13-16(4,5)14-11-8-9-12-15(2)3/h14-15H,6-13H2,1-5H3. The van der Waals surface area contributed by atoms with E-state index < -0.39 is 0 Å². The van der Waals surface area contributed by atoms with E-state index in [4.69, 9.17) is 0 Å². The normalized spacial score (nSPS) is 12.4. The summed E-state index contributed by atoms with van der Waals surface area (Å²) in [5, 5.41) is 0. The van der Waals surface area contributed by atoms with Gasteiger partial charge in [0.2, 0.25) is 0 Å². The molecule has 0 nitrogen and oxygen atoms in total. The topological polar surface area (TPSA) is 0 Å². The summed E-state index contributed by atoms with van der Waals surface area (Å²) in [5.41, 5.74) is 0.465. The van der Waals surface area contributed by atoms with E-state index in [-0.39, 0.29) is 0 Å².